The highest BCUT2D eigenvalue weighted by molar-refractivity contribution is 6.00. The number of rotatable bonds is 3. The summed E-state index contributed by atoms with van der Waals surface area (Å²) in [7, 11) is 3.39. The SMILES string of the molecule is CN(C)C(=O)c1cnn2ccc(N3CCCC3c3cc(F)ccc3F)cc12. The smallest absolute Gasteiger partial charge is 0.257 e. The van der Waals surface area contributed by atoms with Crippen LogP contribution in [0, 0.1) is 11.6 Å². The van der Waals surface area contributed by atoms with E-state index in [4.69, 9.17) is 0 Å². The summed E-state index contributed by atoms with van der Waals surface area (Å²) in [6.45, 7) is 0.738. The number of pyridine rings is 1. The lowest BCUT2D eigenvalue weighted by Crippen LogP contribution is -2.24. The molecule has 0 bridgehead atoms. The van der Waals surface area contributed by atoms with Crippen molar-refractivity contribution in [3.05, 3.63) is 65.5 Å². The zero-order valence-electron chi connectivity index (χ0n) is 15.2. The molecule has 27 heavy (non-hydrogen) atoms. The Morgan fingerprint density at radius 2 is 2.04 bits per heavy atom. The minimum atomic E-state index is -0.441. The van der Waals surface area contributed by atoms with Crippen LogP contribution in [0.3, 0.4) is 0 Å². The largest absolute Gasteiger partial charge is 0.364 e. The summed E-state index contributed by atoms with van der Waals surface area (Å²) in [6.07, 6.45) is 4.96. The molecule has 0 spiro atoms. The van der Waals surface area contributed by atoms with Crippen LogP contribution in [-0.2, 0) is 0 Å². The van der Waals surface area contributed by atoms with Gasteiger partial charge >= 0.3 is 0 Å². The van der Waals surface area contributed by atoms with E-state index in [1.165, 1.54) is 17.0 Å². The van der Waals surface area contributed by atoms with Crippen LogP contribution in [0.1, 0.15) is 34.8 Å². The first-order chi connectivity index (χ1) is 13.0. The highest BCUT2D eigenvalue weighted by Gasteiger charge is 2.29. The molecule has 0 saturated carbocycles. The second-order valence-electron chi connectivity index (χ2n) is 6.99. The van der Waals surface area contributed by atoms with Crippen molar-refractivity contribution in [3.8, 4) is 0 Å². The third-order valence-electron chi connectivity index (χ3n) is 5.04. The molecule has 3 aromatic rings. The molecule has 7 heteroatoms. The molecule has 140 valence electrons. The van der Waals surface area contributed by atoms with Gasteiger partial charge in [-0.15, -0.1) is 0 Å². The normalized spacial score (nSPS) is 16.9. The van der Waals surface area contributed by atoms with Crippen LogP contribution >= 0.6 is 0 Å². The highest BCUT2D eigenvalue weighted by Crippen LogP contribution is 2.38. The monoisotopic (exact) mass is 370 g/mol. The standard InChI is InChI=1S/C20H20F2N4O/c1-24(2)20(27)16-12-23-26-9-7-14(11-19(16)26)25-8-3-4-18(25)15-10-13(21)5-6-17(15)22/h5-7,9-12,18H,3-4,8H2,1-2H3. The van der Waals surface area contributed by atoms with E-state index >= 15 is 0 Å². The van der Waals surface area contributed by atoms with Gasteiger partial charge in [-0.25, -0.2) is 13.3 Å². The number of carbonyl (C=O) groups excluding carboxylic acids is 1. The molecule has 1 aliphatic rings. The highest BCUT2D eigenvalue weighted by atomic mass is 19.1. The molecule has 0 radical (unpaired) electrons. The molecule has 1 aromatic carbocycles. The van der Waals surface area contributed by atoms with Gasteiger partial charge in [0.1, 0.15) is 11.6 Å². The lowest BCUT2D eigenvalue weighted by atomic mass is 10.0. The van der Waals surface area contributed by atoms with Crippen molar-refractivity contribution in [2.24, 2.45) is 0 Å². The van der Waals surface area contributed by atoms with Gasteiger partial charge in [-0.1, -0.05) is 0 Å². The van der Waals surface area contributed by atoms with Crippen molar-refractivity contribution in [2.45, 2.75) is 18.9 Å². The van der Waals surface area contributed by atoms with E-state index in [0.717, 1.165) is 31.1 Å². The number of anilines is 1. The number of benzene rings is 1. The number of fused-ring (bicyclic) bond motifs is 1. The van der Waals surface area contributed by atoms with Crippen molar-refractivity contribution in [3.63, 3.8) is 0 Å². The topological polar surface area (TPSA) is 40.9 Å². The summed E-state index contributed by atoms with van der Waals surface area (Å²) >= 11 is 0. The molecule has 1 fully saturated rings. The number of amides is 1. The molecule has 1 saturated heterocycles. The Labute approximate surface area is 155 Å². The van der Waals surface area contributed by atoms with Crippen molar-refractivity contribution < 1.29 is 13.6 Å². The van der Waals surface area contributed by atoms with Crippen LogP contribution in [0.4, 0.5) is 14.5 Å². The number of carbonyl (C=O) groups is 1. The minimum Gasteiger partial charge on any atom is -0.364 e. The third-order valence-corrected chi connectivity index (χ3v) is 5.04. The van der Waals surface area contributed by atoms with Gasteiger partial charge < -0.3 is 9.80 Å². The van der Waals surface area contributed by atoms with Crippen molar-refractivity contribution in [2.75, 3.05) is 25.5 Å². The number of hydrogen-bond acceptors (Lipinski definition) is 3. The molecule has 1 aliphatic heterocycles. The first-order valence-corrected chi connectivity index (χ1v) is 8.86. The fourth-order valence-electron chi connectivity index (χ4n) is 3.72. The summed E-state index contributed by atoms with van der Waals surface area (Å²) in [6, 6.07) is 7.12. The molecular weight excluding hydrogens is 350 g/mol. The van der Waals surface area contributed by atoms with Crippen LogP contribution < -0.4 is 4.90 Å². The van der Waals surface area contributed by atoms with Crippen LogP contribution in [0.5, 0.6) is 0 Å². The van der Waals surface area contributed by atoms with E-state index < -0.39 is 11.6 Å². The lowest BCUT2D eigenvalue weighted by Gasteiger charge is -2.27. The molecule has 1 unspecified atom stereocenters. The minimum absolute atomic E-state index is 0.128. The maximum absolute atomic E-state index is 14.3. The Bertz CT molecular complexity index is 1010. The van der Waals surface area contributed by atoms with Crippen LogP contribution in [0.15, 0.2) is 42.7 Å². The zero-order valence-corrected chi connectivity index (χ0v) is 15.2. The van der Waals surface area contributed by atoms with Crippen LogP contribution in [-0.4, -0.2) is 41.1 Å². The first kappa shape index (κ1) is 17.5. The second kappa shape index (κ2) is 6.64. The zero-order chi connectivity index (χ0) is 19.1. The van der Waals surface area contributed by atoms with E-state index in [1.54, 1.807) is 31.0 Å². The van der Waals surface area contributed by atoms with E-state index in [1.807, 2.05) is 12.1 Å². The molecule has 2 aromatic heterocycles. The van der Waals surface area contributed by atoms with E-state index in [-0.39, 0.29) is 11.9 Å². The quantitative estimate of drug-likeness (QED) is 0.707. The fraction of sp³-hybridized carbons (Fsp3) is 0.300. The molecular formula is C20H20F2N4O. The predicted molar refractivity (Wildman–Crippen MR) is 98.9 cm³/mol. The molecule has 1 amide bonds. The molecule has 5 nitrogen and oxygen atoms in total. The Morgan fingerprint density at radius 1 is 1.22 bits per heavy atom. The van der Waals surface area contributed by atoms with Gasteiger partial charge in [0.05, 0.1) is 23.3 Å². The van der Waals surface area contributed by atoms with Gasteiger partial charge in [0, 0.05) is 38.1 Å². The number of halogens is 2. The Morgan fingerprint density at radius 3 is 2.81 bits per heavy atom. The van der Waals surface area contributed by atoms with Gasteiger partial charge in [0.2, 0.25) is 0 Å². The molecule has 0 aliphatic carbocycles. The van der Waals surface area contributed by atoms with E-state index in [0.29, 0.717) is 16.6 Å². The molecule has 1 atom stereocenters. The van der Waals surface area contributed by atoms with Gasteiger partial charge in [0.15, 0.2) is 0 Å². The van der Waals surface area contributed by atoms with Crippen molar-refractivity contribution >= 4 is 17.1 Å². The average molecular weight is 370 g/mol. The maximum atomic E-state index is 14.3. The van der Waals surface area contributed by atoms with Gasteiger partial charge in [0.25, 0.3) is 5.91 Å². The number of hydrogen-bond donors (Lipinski definition) is 0. The van der Waals surface area contributed by atoms with Gasteiger partial charge in [-0.05, 0) is 43.2 Å². The van der Waals surface area contributed by atoms with Crippen molar-refractivity contribution in [1.82, 2.24) is 14.5 Å². The molecule has 0 N–H and O–H groups in total. The van der Waals surface area contributed by atoms with E-state index in [9.17, 15) is 13.6 Å². The second-order valence-corrected chi connectivity index (χ2v) is 6.99. The van der Waals surface area contributed by atoms with Crippen LogP contribution in [0.2, 0.25) is 0 Å². The Balaban J connectivity index is 1.75. The summed E-state index contributed by atoms with van der Waals surface area (Å²) < 4.78 is 29.6. The van der Waals surface area contributed by atoms with Gasteiger partial charge in [-0.2, -0.15) is 5.10 Å². The maximum Gasteiger partial charge on any atom is 0.257 e. The van der Waals surface area contributed by atoms with Crippen molar-refractivity contribution in [1.29, 1.82) is 0 Å². The number of aromatic nitrogens is 2. The predicted octanol–water partition coefficient (Wildman–Crippen LogP) is 3.66. The fourth-order valence-corrected chi connectivity index (χ4v) is 3.72. The molecule has 3 heterocycles. The first-order valence-electron chi connectivity index (χ1n) is 8.86. The Kier molecular flexibility index (Phi) is 4.30. The summed E-state index contributed by atoms with van der Waals surface area (Å²) in [5, 5.41) is 4.23. The third kappa shape index (κ3) is 3.03. The molecule has 4 rings (SSSR count). The average Bonchev–Trinajstić information content (AvgIpc) is 3.29. The summed E-state index contributed by atoms with van der Waals surface area (Å²) in [5.74, 6) is -0.970. The Hall–Kier alpha value is -2.96. The van der Waals surface area contributed by atoms with E-state index in [2.05, 4.69) is 10.00 Å². The summed E-state index contributed by atoms with van der Waals surface area (Å²) in [5.41, 5.74) is 2.43. The number of nitrogens with zero attached hydrogens (tertiary/aromatic N) is 4. The lowest BCUT2D eigenvalue weighted by molar-refractivity contribution is 0.0829. The van der Waals surface area contributed by atoms with Crippen LogP contribution in [0.25, 0.3) is 5.52 Å². The summed E-state index contributed by atoms with van der Waals surface area (Å²) in [4.78, 5) is 16.0. The van der Waals surface area contributed by atoms with Gasteiger partial charge in [-0.3, -0.25) is 4.79 Å².